The van der Waals surface area contributed by atoms with Crippen LogP contribution in [0.15, 0.2) is 24.3 Å². The first-order valence-corrected chi connectivity index (χ1v) is 10.7. The van der Waals surface area contributed by atoms with Gasteiger partial charge in [-0.15, -0.1) is 11.6 Å². The third-order valence-corrected chi connectivity index (χ3v) is 6.53. The maximum Gasteiger partial charge on any atom is 0.247 e. The number of hydrogen-bond donors (Lipinski definition) is 1. The van der Waals surface area contributed by atoms with E-state index in [9.17, 15) is 9.59 Å². The number of nitrogens with zero attached hydrogens (tertiary/aromatic N) is 1. The molecule has 5 heteroatoms. The van der Waals surface area contributed by atoms with Gasteiger partial charge in [0.1, 0.15) is 11.9 Å². The first-order valence-electron chi connectivity index (χ1n) is 10.2. The summed E-state index contributed by atoms with van der Waals surface area (Å²) in [4.78, 5) is 27.7. The normalized spacial score (nSPS) is 26.3. The van der Waals surface area contributed by atoms with Crippen LogP contribution in [0.2, 0.25) is 0 Å². The lowest BCUT2D eigenvalue weighted by atomic mass is 9.78. The molecule has 0 aliphatic heterocycles. The molecule has 2 saturated carbocycles. The third-order valence-electron chi connectivity index (χ3n) is 6.30. The fraction of sp³-hybridized carbons (Fsp3) is 0.636. The lowest BCUT2D eigenvalue weighted by molar-refractivity contribution is -0.140. The second-order valence-electron chi connectivity index (χ2n) is 8.36. The summed E-state index contributed by atoms with van der Waals surface area (Å²) < 4.78 is 0. The molecule has 2 fully saturated rings. The van der Waals surface area contributed by atoms with Gasteiger partial charge in [-0.05, 0) is 43.6 Å². The molecule has 4 nitrogen and oxygen atoms in total. The van der Waals surface area contributed by atoms with Gasteiger partial charge in [0.25, 0.3) is 0 Å². The summed E-state index contributed by atoms with van der Waals surface area (Å²) in [6.45, 7) is 6.50. The van der Waals surface area contributed by atoms with Gasteiger partial charge < -0.3 is 10.2 Å². The third kappa shape index (κ3) is 4.66. The highest BCUT2D eigenvalue weighted by molar-refractivity contribution is 6.27. The molecule has 2 amide bonds. The Hall–Kier alpha value is -1.55. The van der Waals surface area contributed by atoms with Crippen molar-refractivity contribution in [2.45, 2.75) is 71.0 Å². The quantitative estimate of drug-likeness (QED) is 0.740. The number of alkyl halides is 1. The van der Waals surface area contributed by atoms with E-state index in [2.05, 4.69) is 19.2 Å². The van der Waals surface area contributed by atoms with Crippen LogP contribution in [0.25, 0.3) is 0 Å². The molecule has 0 saturated heterocycles. The lowest BCUT2D eigenvalue weighted by Gasteiger charge is -2.37. The number of halogens is 1. The zero-order chi connectivity index (χ0) is 19.6. The summed E-state index contributed by atoms with van der Waals surface area (Å²) >= 11 is 5.89. The number of rotatable bonds is 6. The van der Waals surface area contributed by atoms with Crippen molar-refractivity contribution in [2.75, 3.05) is 5.88 Å². The Bertz CT molecular complexity index is 671. The number of aryl methyl sites for hydroxylation is 1. The molecule has 0 radical (unpaired) electrons. The van der Waals surface area contributed by atoms with E-state index in [-0.39, 0.29) is 29.8 Å². The van der Waals surface area contributed by atoms with Gasteiger partial charge in [0.2, 0.25) is 11.8 Å². The maximum atomic E-state index is 13.4. The molecule has 2 aliphatic rings. The minimum absolute atomic E-state index is 0.0739. The van der Waals surface area contributed by atoms with Crippen molar-refractivity contribution in [3.8, 4) is 0 Å². The number of amides is 2. The van der Waals surface area contributed by atoms with E-state index in [1.807, 2.05) is 31.2 Å². The standard InChI is InChI=1S/C22H31ClN2O2/c1-14-7-9-17(10-8-14)21(25(18-11-12-18)20(26)13-23)22(27)24-19-6-4-5-15(2)16(19)3/h7-10,15-16,18-19,21H,4-6,11-13H2,1-3H3,(H,24,27)/t15-,16+,19-,21-/m1/s1. The van der Waals surface area contributed by atoms with E-state index in [4.69, 9.17) is 11.6 Å². The monoisotopic (exact) mass is 390 g/mol. The molecule has 1 aromatic rings. The zero-order valence-electron chi connectivity index (χ0n) is 16.6. The van der Waals surface area contributed by atoms with Crippen LogP contribution in [0.4, 0.5) is 0 Å². The molecular weight excluding hydrogens is 360 g/mol. The fourth-order valence-electron chi connectivity index (χ4n) is 4.21. The molecule has 27 heavy (non-hydrogen) atoms. The number of hydrogen-bond acceptors (Lipinski definition) is 2. The molecule has 2 aliphatic carbocycles. The topological polar surface area (TPSA) is 49.4 Å². The molecule has 0 aromatic heterocycles. The minimum Gasteiger partial charge on any atom is -0.351 e. The summed E-state index contributed by atoms with van der Waals surface area (Å²) in [6.07, 6.45) is 5.24. The molecular formula is C22H31ClN2O2. The van der Waals surface area contributed by atoms with Gasteiger partial charge in [0.15, 0.2) is 0 Å². The van der Waals surface area contributed by atoms with Crippen LogP contribution in [0.3, 0.4) is 0 Å². The molecule has 4 atom stereocenters. The molecule has 148 valence electrons. The van der Waals surface area contributed by atoms with E-state index in [0.717, 1.165) is 36.8 Å². The summed E-state index contributed by atoms with van der Waals surface area (Å²) in [5.41, 5.74) is 1.99. The Morgan fingerprint density at radius 2 is 1.81 bits per heavy atom. The van der Waals surface area contributed by atoms with Crippen LogP contribution in [-0.4, -0.2) is 34.7 Å². The molecule has 0 heterocycles. The van der Waals surface area contributed by atoms with Crippen molar-refractivity contribution in [2.24, 2.45) is 11.8 Å². The van der Waals surface area contributed by atoms with Crippen molar-refractivity contribution in [1.29, 1.82) is 0 Å². The predicted octanol–water partition coefficient (Wildman–Crippen LogP) is 4.21. The van der Waals surface area contributed by atoms with Crippen LogP contribution in [-0.2, 0) is 9.59 Å². The van der Waals surface area contributed by atoms with Gasteiger partial charge in [-0.25, -0.2) is 0 Å². The Morgan fingerprint density at radius 3 is 2.41 bits per heavy atom. The molecule has 3 rings (SSSR count). The largest absolute Gasteiger partial charge is 0.351 e. The van der Waals surface area contributed by atoms with Crippen molar-refractivity contribution >= 4 is 23.4 Å². The number of carbonyl (C=O) groups excluding carboxylic acids is 2. The second-order valence-corrected chi connectivity index (χ2v) is 8.63. The average molecular weight is 391 g/mol. The highest BCUT2D eigenvalue weighted by atomic mass is 35.5. The molecule has 0 spiro atoms. The Morgan fingerprint density at radius 1 is 1.15 bits per heavy atom. The van der Waals surface area contributed by atoms with Crippen LogP contribution >= 0.6 is 11.6 Å². The van der Waals surface area contributed by atoms with Gasteiger partial charge in [-0.2, -0.15) is 0 Å². The number of nitrogens with one attached hydrogen (secondary N) is 1. The van der Waals surface area contributed by atoms with Gasteiger partial charge >= 0.3 is 0 Å². The Kier molecular flexibility index (Phi) is 6.46. The van der Waals surface area contributed by atoms with Crippen LogP contribution < -0.4 is 5.32 Å². The minimum atomic E-state index is -0.603. The van der Waals surface area contributed by atoms with Gasteiger partial charge in [-0.1, -0.05) is 56.5 Å². The molecule has 1 aromatic carbocycles. The summed E-state index contributed by atoms with van der Waals surface area (Å²) in [5.74, 6) is 0.716. The van der Waals surface area contributed by atoms with E-state index in [1.165, 1.54) is 6.42 Å². The average Bonchev–Trinajstić information content (AvgIpc) is 3.48. The second kappa shape index (κ2) is 8.64. The van der Waals surface area contributed by atoms with E-state index >= 15 is 0 Å². The summed E-state index contributed by atoms with van der Waals surface area (Å²) in [6, 6.07) is 7.60. The van der Waals surface area contributed by atoms with E-state index < -0.39 is 6.04 Å². The fourth-order valence-corrected chi connectivity index (χ4v) is 4.35. The predicted molar refractivity (Wildman–Crippen MR) is 109 cm³/mol. The van der Waals surface area contributed by atoms with Crippen LogP contribution in [0.5, 0.6) is 0 Å². The number of carbonyl (C=O) groups is 2. The van der Waals surface area contributed by atoms with Crippen LogP contribution in [0.1, 0.15) is 63.1 Å². The van der Waals surface area contributed by atoms with E-state index in [0.29, 0.717) is 11.8 Å². The Balaban J connectivity index is 1.87. The SMILES string of the molecule is Cc1ccc([C@H](C(=O)N[C@@H]2CCC[C@@H](C)[C@@H]2C)N(C(=O)CCl)C2CC2)cc1. The van der Waals surface area contributed by atoms with Crippen molar-refractivity contribution in [3.63, 3.8) is 0 Å². The Labute approximate surface area is 167 Å². The summed E-state index contributed by atoms with van der Waals surface area (Å²) in [5, 5.41) is 3.28. The van der Waals surface area contributed by atoms with Crippen molar-refractivity contribution in [1.82, 2.24) is 10.2 Å². The number of benzene rings is 1. The van der Waals surface area contributed by atoms with E-state index in [1.54, 1.807) is 4.90 Å². The lowest BCUT2D eigenvalue weighted by Crippen LogP contribution is -2.50. The zero-order valence-corrected chi connectivity index (χ0v) is 17.3. The maximum absolute atomic E-state index is 13.4. The molecule has 0 unspecified atom stereocenters. The first-order chi connectivity index (χ1) is 12.9. The highest BCUT2D eigenvalue weighted by Gasteiger charge is 2.42. The van der Waals surface area contributed by atoms with Gasteiger partial charge in [0.05, 0.1) is 0 Å². The summed E-state index contributed by atoms with van der Waals surface area (Å²) in [7, 11) is 0. The van der Waals surface area contributed by atoms with Crippen LogP contribution in [0, 0.1) is 18.8 Å². The first kappa shape index (κ1) is 20.2. The molecule has 0 bridgehead atoms. The van der Waals surface area contributed by atoms with Crippen molar-refractivity contribution < 1.29 is 9.59 Å². The van der Waals surface area contributed by atoms with Gasteiger partial charge in [0, 0.05) is 12.1 Å². The van der Waals surface area contributed by atoms with Crippen molar-refractivity contribution in [3.05, 3.63) is 35.4 Å². The highest BCUT2D eigenvalue weighted by Crippen LogP contribution is 2.36. The molecule has 1 N–H and O–H groups in total. The smallest absolute Gasteiger partial charge is 0.247 e. The van der Waals surface area contributed by atoms with Gasteiger partial charge in [-0.3, -0.25) is 9.59 Å².